The van der Waals surface area contributed by atoms with E-state index < -0.39 is 0 Å². The largest absolute Gasteiger partial charge is 0.320 e. The highest BCUT2D eigenvalue weighted by molar-refractivity contribution is 7.98. The van der Waals surface area contributed by atoms with E-state index in [2.05, 4.69) is 21.4 Å². The molecule has 1 N–H and O–H groups in total. The van der Waals surface area contributed by atoms with Crippen LogP contribution in [0.3, 0.4) is 0 Å². The lowest BCUT2D eigenvalue weighted by molar-refractivity contribution is 0.102. The summed E-state index contributed by atoms with van der Waals surface area (Å²) in [5, 5.41) is 2.99. The van der Waals surface area contributed by atoms with E-state index in [4.69, 9.17) is 0 Å². The first kappa shape index (κ1) is 18.0. The highest BCUT2D eigenvalue weighted by atomic mass is 32.2. The summed E-state index contributed by atoms with van der Waals surface area (Å²) >= 11 is 1.72. The molecule has 0 aliphatic carbocycles. The predicted molar refractivity (Wildman–Crippen MR) is 112 cm³/mol. The van der Waals surface area contributed by atoms with Crippen LogP contribution in [0.2, 0.25) is 0 Å². The number of hydrogen-bond acceptors (Lipinski definition) is 4. The van der Waals surface area contributed by atoms with Gasteiger partial charge in [-0.1, -0.05) is 18.2 Å². The van der Waals surface area contributed by atoms with Gasteiger partial charge in [-0.2, -0.15) is 0 Å². The molecule has 0 radical (unpaired) electrons. The lowest BCUT2D eigenvalue weighted by Gasteiger charge is -2.12. The van der Waals surface area contributed by atoms with Crippen LogP contribution in [-0.4, -0.2) is 20.4 Å². The molecule has 0 fully saturated rings. The summed E-state index contributed by atoms with van der Waals surface area (Å²) in [6.07, 6.45) is 8.90. The van der Waals surface area contributed by atoms with Crippen LogP contribution in [0.25, 0.3) is 5.69 Å². The quantitative estimate of drug-likeness (QED) is 0.483. The molecule has 0 spiro atoms. The Morgan fingerprint density at radius 1 is 0.964 bits per heavy atom. The Morgan fingerprint density at radius 2 is 1.82 bits per heavy atom. The first-order valence-corrected chi connectivity index (χ1v) is 9.78. The Labute approximate surface area is 167 Å². The molecule has 2 aromatic carbocycles. The van der Waals surface area contributed by atoms with Crippen LogP contribution in [0, 0.1) is 0 Å². The number of thioether (sulfide) groups is 1. The maximum atomic E-state index is 12.7. The van der Waals surface area contributed by atoms with Crippen LogP contribution in [0.4, 0.5) is 5.69 Å². The summed E-state index contributed by atoms with van der Waals surface area (Å²) in [5.74, 6) is 0.703. The second-order valence-corrected chi connectivity index (χ2v) is 7.16. The summed E-state index contributed by atoms with van der Waals surface area (Å²) < 4.78 is 1.87. The number of pyridine rings is 1. The van der Waals surface area contributed by atoms with Gasteiger partial charge in [0.1, 0.15) is 0 Å². The third-order valence-corrected chi connectivity index (χ3v) is 5.26. The highest BCUT2D eigenvalue weighted by Gasteiger charge is 2.10. The van der Waals surface area contributed by atoms with Gasteiger partial charge in [0.2, 0.25) is 0 Å². The number of amides is 1. The molecule has 0 saturated carbocycles. The second-order valence-electron chi connectivity index (χ2n) is 6.12. The Kier molecular flexibility index (Phi) is 5.49. The first-order chi connectivity index (χ1) is 13.8. The van der Waals surface area contributed by atoms with Crippen molar-refractivity contribution in [3.8, 4) is 5.69 Å². The first-order valence-electron chi connectivity index (χ1n) is 8.80. The number of anilines is 1. The molecule has 4 aromatic rings. The Morgan fingerprint density at radius 3 is 2.57 bits per heavy atom. The Hall–Kier alpha value is -3.38. The van der Waals surface area contributed by atoms with Gasteiger partial charge in [-0.3, -0.25) is 9.78 Å². The van der Waals surface area contributed by atoms with Crippen molar-refractivity contribution in [2.75, 3.05) is 5.32 Å². The second kappa shape index (κ2) is 8.54. The molecule has 0 aliphatic rings. The van der Waals surface area contributed by atoms with Gasteiger partial charge in [0.25, 0.3) is 5.91 Å². The molecule has 0 aliphatic heterocycles. The number of benzene rings is 2. The number of para-hydroxylation sites is 2. The normalized spacial score (nSPS) is 10.6. The van der Waals surface area contributed by atoms with Crippen molar-refractivity contribution in [2.24, 2.45) is 0 Å². The number of aromatic nitrogens is 3. The smallest absolute Gasteiger partial charge is 0.255 e. The zero-order chi connectivity index (χ0) is 19.2. The van der Waals surface area contributed by atoms with Crippen LogP contribution >= 0.6 is 11.8 Å². The van der Waals surface area contributed by atoms with E-state index in [0.29, 0.717) is 5.56 Å². The average molecular weight is 386 g/mol. The Bertz CT molecular complexity index is 1050. The molecule has 28 heavy (non-hydrogen) atoms. The topological polar surface area (TPSA) is 59.8 Å². The molecule has 6 heteroatoms. The van der Waals surface area contributed by atoms with Gasteiger partial charge in [0, 0.05) is 41.0 Å². The molecule has 138 valence electrons. The Balaban J connectivity index is 1.43. The average Bonchev–Trinajstić information content (AvgIpc) is 3.28. The standard InChI is InChI=1S/C22H18N4OS/c27-22(25-20-5-1-2-6-21(20)26-13-12-24-16-26)18-7-9-19(10-8-18)28-15-17-4-3-11-23-14-17/h1-14,16H,15H2,(H,25,27). The van der Waals surface area contributed by atoms with Gasteiger partial charge in [-0.05, 0) is 48.0 Å². The summed E-state index contributed by atoms with van der Waals surface area (Å²) in [7, 11) is 0. The molecule has 0 bridgehead atoms. The highest BCUT2D eigenvalue weighted by Crippen LogP contribution is 2.24. The molecule has 0 atom stereocenters. The number of nitrogens with one attached hydrogen (secondary N) is 1. The van der Waals surface area contributed by atoms with Gasteiger partial charge in [-0.25, -0.2) is 4.98 Å². The molecule has 0 saturated heterocycles. The van der Waals surface area contributed by atoms with Crippen molar-refractivity contribution in [3.05, 3.63) is 103 Å². The number of rotatable bonds is 6. The number of imidazole rings is 1. The van der Waals surface area contributed by atoms with Crippen LogP contribution in [0.5, 0.6) is 0 Å². The summed E-state index contributed by atoms with van der Waals surface area (Å²) in [5.41, 5.74) is 3.40. The SMILES string of the molecule is O=C(Nc1ccccc1-n1ccnc1)c1ccc(SCc2cccnc2)cc1. The fourth-order valence-corrected chi connectivity index (χ4v) is 3.59. The number of hydrogen-bond donors (Lipinski definition) is 1. The lowest BCUT2D eigenvalue weighted by atomic mass is 10.2. The van der Waals surface area contributed by atoms with Crippen molar-refractivity contribution >= 4 is 23.4 Å². The molecule has 1 amide bonds. The maximum absolute atomic E-state index is 12.7. The van der Waals surface area contributed by atoms with Crippen molar-refractivity contribution in [1.29, 1.82) is 0 Å². The summed E-state index contributed by atoms with van der Waals surface area (Å²) in [4.78, 5) is 22.0. The predicted octanol–water partition coefficient (Wildman–Crippen LogP) is 4.81. The van der Waals surface area contributed by atoms with Crippen LogP contribution in [0.15, 0.2) is 96.7 Å². The number of nitrogens with zero attached hydrogens (tertiary/aromatic N) is 3. The summed E-state index contributed by atoms with van der Waals surface area (Å²) in [6, 6.07) is 19.3. The molecule has 2 aromatic heterocycles. The molecule has 5 nitrogen and oxygen atoms in total. The van der Waals surface area contributed by atoms with E-state index in [-0.39, 0.29) is 5.91 Å². The van der Waals surface area contributed by atoms with E-state index in [1.807, 2.05) is 71.6 Å². The van der Waals surface area contributed by atoms with Gasteiger partial charge in [0.05, 0.1) is 17.7 Å². The lowest BCUT2D eigenvalue weighted by Crippen LogP contribution is -2.13. The maximum Gasteiger partial charge on any atom is 0.255 e. The van der Waals surface area contributed by atoms with Gasteiger partial charge in [-0.15, -0.1) is 11.8 Å². The minimum Gasteiger partial charge on any atom is -0.320 e. The third-order valence-electron chi connectivity index (χ3n) is 4.18. The van der Waals surface area contributed by atoms with Crippen LogP contribution < -0.4 is 5.32 Å². The number of carbonyl (C=O) groups is 1. The van der Waals surface area contributed by atoms with Crippen molar-refractivity contribution in [3.63, 3.8) is 0 Å². The van der Waals surface area contributed by atoms with Crippen molar-refractivity contribution < 1.29 is 4.79 Å². The van der Waals surface area contributed by atoms with Crippen LogP contribution in [-0.2, 0) is 5.75 Å². The van der Waals surface area contributed by atoms with E-state index in [0.717, 1.165) is 22.0 Å². The minimum absolute atomic E-state index is 0.142. The van der Waals surface area contributed by atoms with Gasteiger partial charge >= 0.3 is 0 Å². The van der Waals surface area contributed by atoms with E-state index in [9.17, 15) is 4.79 Å². The molecule has 4 rings (SSSR count). The molecule has 2 heterocycles. The molecular formula is C22H18N4OS. The zero-order valence-electron chi connectivity index (χ0n) is 15.0. The van der Waals surface area contributed by atoms with Crippen LogP contribution in [0.1, 0.15) is 15.9 Å². The molecular weight excluding hydrogens is 368 g/mol. The fraction of sp³-hybridized carbons (Fsp3) is 0.0455. The minimum atomic E-state index is -0.142. The monoisotopic (exact) mass is 386 g/mol. The van der Waals surface area contributed by atoms with E-state index in [1.54, 1.807) is 30.5 Å². The van der Waals surface area contributed by atoms with Gasteiger partial charge < -0.3 is 9.88 Å². The fourth-order valence-electron chi connectivity index (χ4n) is 2.75. The third kappa shape index (κ3) is 4.29. The zero-order valence-corrected chi connectivity index (χ0v) is 15.8. The van der Waals surface area contributed by atoms with Gasteiger partial charge in [0.15, 0.2) is 0 Å². The summed E-state index contributed by atoms with van der Waals surface area (Å²) in [6.45, 7) is 0. The van der Waals surface area contributed by atoms with Crippen molar-refractivity contribution in [2.45, 2.75) is 10.6 Å². The molecule has 0 unspecified atom stereocenters. The number of carbonyl (C=O) groups excluding carboxylic acids is 1. The van der Waals surface area contributed by atoms with Crippen molar-refractivity contribution in [1.82, 2.24) is 14.5 Å². The van der Waals surface area contributed by atoms with E-state index in [1.165, 1.54) is 5.56 Å². The van der Waals surface area contributed by atoms with E-state index >= 15 is 0 Å².